The predicted molar refractivity (Wildman–Crippen MR) is 98.7 cm³/mol. The van der Waals surface area contributed by atoms with Gasteiger partial charge in [0.05, 0.1) is 6.10 Å². The van der Waals surface area contributed by atoms with Crippen molar-refractivity contribution in [1.29, 1.82) is 0 Å². The van der Waals surface area contributed by atoms with Gasteiger partial charge in [-0.05, 0) is 42.7 Å². The number of carbonyl (C=O) groups is 1. The molecule has 2 aromatic rings. The van der Waals surface area contributed by atoms with Gasteiger partial charge in [-0.25, -0.2) is 0 Å². The third-order valence-corrected chi connectivity index (χ3v) is 4.69. The number of likely N-dealkylation sites (tertiary alicyclic amines) is 1. The average Bonchev–Trinajstić information content (AvgIpc) is 2.63. The fourth-order valence-corrected chi connectivity index (χ4v) is 3.12. The van der Waals surface area contributed by atoms with E-state index in [1.807, 2.05) is 36.4 Å². The maximum Gasteiger partial charge on any atom is 0.260 e. The Morgan fingerprint density at radius 3 is 2.72 bits per heavy atom. The van der Waals surface area contributed by atoms with Crippen LogP contribution < -0.4 is 10.1 Å². The Kier molecular flexibility index (Phi) is 5.89. The molecule has 134 valence electrons. The quantitative estimate of drug-likeness (QED) is 0.845. The van der Waals surface area contributed by atoms with Crippen molar-refractivity contribution in [3.63, 3.8) is 0 Å². The van der Waals surface area contributed by atoms with Gasteiger partial charge in [0.1, 0.15) is 5.75 Å². The minimum Gasteiger partial charge on any atom is -0.481 e. The molecule has 0 saturated carbocycles. The molecule has 3 rings (SSSR count). The number of aliphatic hydroxyl groups excluding tert-OH is 1. The van der Waals surface area contributed by atoms with Crippen molar-refractivity contribution in [1.82, 2.24) is 10.2 Å². The highest BCUT2D eigenvalue weighted by Crippen LogP contribution is 2.21. The van der Waals surface area contributed by atoms with Crippen LogP contribution in [0.15, 0.2) is 42.5 Å². The Labute approximate surface area is 148 Å². The number of fused-ring (bicyclic) bond motifs is 1. The van der Waals surface area contributed by atoms with Gasteiger partial charge in [0.25, 0.3) is 5.91 Å². The Morgan fingerprint density at radius 1 is 1.24 bits per heavy atom. The number of ether oxygens (including phenoxy) is 1. The number of aliphatic hydroxyl groups is 1. The van der Waals surface area contributed by atoms with Gasteiger partial charge in [0, 0.05) is 26.2 Å². The number of rotatable bonds is 6. The van der Waals surface area contributed by atoms with E-state index >= 15 is 0 Å². The van der Waals surface area contributed by atoms with Gasteiger partial charge in [0.15, 0.2) is 6.10 Å². The summed E-state index contributed by atoms with van der Waals surface area (Å²) in [6.45, 7) is 4.95. The molecule has 0 unspecified atom stereocenters. The molecule has 1 amide bonds. The molecule has 2 N–H and O–H groups in total. The van der Waals surface area contributed by atoms with Gasteiger partial charge < -0.3 is 20.1 Å². The first kappa shape index (κ1) is 17.7. The van der Waals surface area contributed by atoms with Crippen molar-refractivity contribution in [2.24, 2.45) is 0 Å². The summed E-state index contributed by atoms with van der Waals surface area (Å²) in [4.78, 5) is 14.5. The third kappa shape index (κ3) is 4.94. The van der Waals surface area contributed by atoms with Crippen LogP contribution in [0.3, 0.4) is 0 Å². The predicted octanol–water partition coefficient (Wildman–Crippen LogP) is 2.18. The van der Waals surface area contributed by atoms with Crippen LogP contribution in [0.2, 0.25) is 0 Å². The van der Waals surface area contributed by atoms with Crippen molar-refractivity contribution >= 4 is 16.7 Å². The van der Waals surface area contributed by atoms with Gasteiger partial charge in [-0.3, -0.25) is 4.79 Å². The van der Waals surface area contributed by atoms with E-state index < -0.39 is 6.10 Å². The Hall–Kier alpha value is -2.11. The highest BCUT2D eigenvalue weighted by Gasteiger charge is 2.18. The second-order valence-electron chi connectivity index (χ2n) is 6.63. The van der Waals surface area contributed by atoms with E-state index in [1.165, 1.54) is 0 Å². The molecule has 2 aromatic carbocycles. The number of nitrogens with zero attached hydrogens (tertiary/aromatic N) is 1. The molecule has 1 aliphatic heterocycles. The molecule has 5 heteroatoms. The molecular formula is C20H26N2O3. The van der Waals surface area contributed by atoms with E-state index in [0.29, 0.717) is 12.3 Å². The molecule has 5 nitrogen and oxygen atoms in total. The zero-order valence-electron chi connectivity index (χ0n) is 14.6. The number of piperidine rings is 1. The van der Waals surface area contributed by atoms with E-state index in [1.54, 1.807) is 6.92 Å². The van der Waals surface area contributed by atoms with Gasteiger partial charge in [-0.1, -0.05) is 30.3 Å². The molecule has 1 saturated heterocycles. The lowest BCUT2D eigenvalue weighted by atomic mass is 10.1. The summed E-state index contributed by atoms with van der Waals surface area (Å²) in [7, 11) is 0. The molecule has 0 radical (unpaired) electrons. The first-order chi connectivity index (χ1) is 12.1. The normalized spacial score (nSPS) is 17.4. The smallest absolute Gasteiger partial charge is 0.260 e. The maximum absolute atomic E-state index is 12.2. The van der Waals surface area contributed by atoms with Gasteiger partial charge in [-0.15, -0.1) is 0 Å². The summed E-state index contributed by atoms with van der Waals surface area (Å²) in [6, 6.07) is 13.9. The van der Waals surface area contributed by atoms with Gasteiger partial charge in [0.2, 0.25) is 0 Å². The molecule has 1 heterocycles. The van der Waals surface area contributed by atoms with Crippen LogP contribution in [0.5, 0.6) is 5.75 Å². The third-order valence-electron chi connectivity index (χ3n) is 4.69. The largest absolute Gasteiger partial charge is 0.481 e. The van der Waals surface area contributed by atoms with E-state index in [-0.39, 0.29) is 12.0 Å². The van der Waals surface area contributed by atoms with E-state index in [2.05, 4.69) is 16.3 Å². The van der Waals surface area contributed by atoms with Gasteiger partial charge in [-0.2, -0.15) is 0 Å². The van der Waals surface area contributed by atoms with Crippen molar-refractivity contribution in [3.05, 3.63) is 42.5 Å². The molecule has 1 atom stereocenters. The van der Waals surface area contributed by atoms with Crippen molar-refractivity contribution in [2.75, 3.05) is 26.2 Å². The average molecular weight is 342 g/mol. The van der Waals surface area contributed by atoms with E-state index in [9.17, 15) is 9.90 Å². The minimum absolute atomic E-state index is 0.106. The number of nitrogens with one attached hydrogen (secondary N) is 1. The summed E-state index contributed by atoms with van der Waals surface area (Å²) < 4.78 is 5.78. The summed E-state index contributed by atoms with van der Waals surface area (Å²) in [5.74, 6) is 0.594. The molecule has 25 heavy (non-hydrogen) atoms. The molecule has 0 aliphatic carbocycles. The Balaban J connectivity index is 1.45. The van der Waals surface area contributed by atoms with Crippen LogP contribution in [-0.4, -0.2) is 54.3 Å². The second-order valence-corrected chi connectivity index (χ2v) is 6.63. The lowest BCUT2D eigenvalue weighted by Crippen LogP contribution is -2.43. The maximum atomic E-state index is 12.2. The summed E-state index contributed by atoms with van der Waals surface area (Å²) >= 11 is 0. The number of benzene rings is 2. The van der Waals surface area contributed by atoms with Crippen LogP contribution >= 0.6 is 0 Å². The summed E-state index contributed by atoms with van der Waals surface area (Å²) in [5.41, 5.74) is 0. The first-order valence-electron chi connectivity index (χ1n) is 8.95. The van der Waals surface area contributed by atoms with E-state index in [0.717, 1.165) is 43.2 Å². The Morgan fingerprint density at radius 2 is 1.96 bits per heavy atom. The van der Waals surface area contributed by atoms with Crippen LogP contribution in [0.4, 0.5) is 0 Å². The van der Waals surface area contributed by atoms with Crippen LogP contribution in [0.1, 0.15) is 19.8 Å². The van der Waals surface area contributed by atoms with Gasteiger partial charge >= 0.3 is 0 Å². The number of carbonyl (C=O) groups excluding carboxylic acids is 1. The van der Waals surface area contributed by atoms with Crippen LogP contribution in [0, 0.1) is 0 Å². The van der Waals surface area contributed by atoms with Crippen molar-refractivity contribution < 1.29 is 14.6 Å². The minimum atomic E-state index is -0.538. The zero-order chi connectivity index (χ0) is 17.6. The lowest BCUT2D eigenvalue weighted by molar-refractivity contribution is -0.127. The fraction of sp³-hybridized carbons (Fsp3) is 0.450. The molecule has 1 fully saturated rings. The topological polar surface area (TPSA) is 61.8 Å². The highest BCUT2D eigenvalue weighted by atomic mass is 16.5. The highest BCUT2D eigenvalue weighted by molar-refractivity contribution is 5.84. The SMILES string of the molecule is C[C@H](Oc1ccc2ccccc2c1)C(=O)NCCN1CCC(O)CC1. The lowest BCUT2D eigenvalue weighted by Gasteiger charge is -2.29. The first-order valence-corrected chi connectivity index (χ1v) is 8.95. The number of amides is 1. The molecule has 0 spiro atoms. The van der Waals surface area contributed by atoms with Crippen molar-refractivity contribution in [3.8, 4) is 5.75 Å². The summed E-state index contributed by atoms with van der Waals surface area (Å²) in [6.07, 6.45) is 0.927. The molecule has 0 bridgehead atoms. The Bertz CT molecular complexity index is 711. The molecule has 1 aliphatic rings. The second kappa shape index (κ2) is 8.32. The van der Waals surface area contributed by atoms with Crippen LogP contribution in [0.25, 0.3) is 10.8 Å². The monoisotopic (exact) mass is 342 g/mol. The number of hydrogen-bond acceptors (Lipinski definition) is 4. The van der Waals surface area contributed by atoms with Crippen molar-refractivity contribution in [2.45, 2.75) is 32.0 Å². The van der Waals surface area contributed by atoms with E-state index in [4.69, 9.17) is 4.74 Å². The zero-order valence-corrected chi connectivity index (χ0v) is 14.6. The number of hydrogen-bond donors (Lipinski definition) is 2. The molecular weight excluding hydrogens is 316 g/mol. The fourth-order valence-electron chi connectivity index (χ4n) is 3.12. The standard InChI is InChI=1S/C20H26N2O3/c1-15(20(24)21-10-13-22-11-8-18(23)9-12-22)25-19-7-6-16-4-2-3-5-17(16)14-19/h2-7,14-15,18,23H,8-13H2,1H3,(H,21,24)/t15-/m0/s1. The molecule has 0 aromatic heterocycles. The van der Waals surface area contributed by atoms with Crippen LogP contribution in [-0.2, 0) is 4.79 Å². The summed E-state index contributed by atoms with van der Waals surface area (Å²) in [5, 5.41) is 14.7.